The Labute approximate surface area is 200 Å². The van der Waals surface area contributed by atoms with Gasteiger partial charge >= 0.3 is 0 Å². The predicted octanol–water partition coefficient (Wildman–Crippen LogP) is 6.73. The summed E-state index contributed by atoms with van der Waals surface area (Å²) in [6.07, 6.45) is 7.64. The fourth-order valence-corrected chi connectivity index (χ4v) is 6.40. The van der Waals surface area contributed by atoms with E-state index in [2.05, 4.69) is 70.0 Å². The molecule has 0 radical (unpaired) electrons. The van der Waals surface area contributed by atoms with Crippen LogP contribution in [-0.4, -0.2) is 19.4 Å². The zero-order valence-corrected chi connectivity index (χ0v) is 18.8. The van der Waals surface area contributed by atoms with E-state index in [-0.39, 0.29) is 0 Å². The quantitative estimate of drug-likeness (QED) is 0.243. The van der Waals surface area contributed by atoms with E-state index in [1.165, 1.54) is 44.5 Å². The largest absolute Gasteiger partial charge is 0.289 e. The first-order valence-electron chi connectivity index (χ1n) is 12.0. The molecule has 162 valence electrons. The van der Waals surface area contributed by atoms with Crippen LogP contribution < -0.4 is 0 Å². The third kappa shape index (κ3) is 2.20. The number of hydrogen-bond donors (Lipinski definition) is 0. The maximum absolute atomic E-state index is 5.10. The SMILES string of the molecule is c1ccc2c(c1)Cc1cc3c(cc1-2)-c1cc2c(cc1C3)nc1c3ncccc3c3ccncc3n21. The number of imidazole rings is 1. The van der Waals surface area contributed by atoms with Crippen molar-refractivity contribution in [1.29, 1.82) is 0 Å². The molecule has 9 rings (SSSR count). The highest BCUT2D eigenvalue weighted by molar-refractivity contribution is 6.12. The van der Waals surface area contributed by atoms with Gasteiger partial charge in [0.25, 0.3) is 0 Å². The molecular formula is C31H18N4. The predicted molar refractivity (Wildman–Crippen MR) is 140 cm³/mol. The van der Waals surface area contributed by atoms with Gasteiger partial charge in [-0.05, 0) is 87.7 Å². The van der Waals surface area contributed by atoms with Crippen molar-refractivity contribution in [3.63, 3.8) is 0 Å². The summed E-state index contributed by atoms with van der Waals surface area (Å²) in [6, 6.07) is 24.5. The molecule has 0 unspecified atom stereocenters. The minimum absolute atomic E-state index is 0.892. The molecule has 3 aromatic carbocycles. The van der Waals surface area contributed by atoms with Crippen LogP contribution in [0.1, 0.15) is 22.3 Å². The van der Waals surface area contributed by atoms with Gasteiger partial charge in [-0.2, -0.15) is 0 Å². The standard InChI is InChI=1S/C31H18N4/c1-2-5-21-17(4-1)10-18-11-19-12-20-13-27-28(15-26(20)25(19)14-24(18)21)35-29-16-32-9-7-22(29)23-6-3-8-33-30(23)31(35)34-27/h1-9,11,13-16H,10,12H2. The summed E-state index contributed by atoms with van der Waals surface area (Å²) in [5, 5.41) is 2.25. The van der Waals surface area contributed by atoms with E-state index in [0.717, 1.165) is 51.3 Å². The van der Waals surface area contributed by atoms with Crippen LogP contribution in [0.2, 0.25) is 0 Å². The van der Waals surface area contributed by atoms with E-state index < -0.39 is 0 Å². The van der Waals surface area contributed by atoms with Gasteiger partial charge in [-0.15, -0.1) is 0 Å². The smallest absolute Gasteiger partial charge is 0.165 e. The van der Waals surface area contributed by atoms with Crippen molar-refractivity contribution in [3.05, 3.63) is 108 Å². The van der Waals surface area contributed by atoms with E-state index in [9.17, 15) is 0 Å². The fraction of sp³-hybridized carbons (Fsp3) is 0.0645. The van der Waals surface area contributed by atoms with Crippen molar-refractivity contribution < 1.29 is 0 Å². The first-order valence-corrected chi connectivity index (χ1v) is 12.0. The Morgan fingerprint density at radius 1 is 0.629 bits per heavy atom. The average molecular weight is 447 g/mol. The zero-order chi connectivity index (χ0) is 22.7. The van der Waals surface area contributed by atoms with Crippen molar-refractivity contribution in [2.24, 2.45) is 0 Å². The minimum Gasteiger partial charge on any atom is -0.289 e. The highest BCUT2D eigenvalue weighted by Crippen LogP contribution is 2.46. The van der Waals surface area contributed by atoms with Crippen molar-refractivity contribution in [1.82, 2.24) is 19.4 Å². The summed E-state index contributed by atoms with van der Waals surface area (Å²) >= 11 is 0. The summed E-state index contributed by atoms with van der Waals surface area (Å²) in [5.74, 6) is 0. The van der Waals surface area contributed by atoms with Crippen LogP contribution >= 0.6 is 0 Å². The molecule has 2 aliphatic carbocycles. The Morgan fingerprint density at radius 3 is 2.43 bits per heavy atom. The second-order valence-electron chi connectivity index (χ2n) is 9.74. The van der Waals surface area contributed by atoms with Crippen LogP contribution in [0.4, 0.5) is 0 Å². The monoisotopic (exact) mass is 446 g/mol. The third-order valence-corrected chi connectivity index (χ3v) is 7.92. The van der Waals surface area contributed by atoms with Gasteiger partial charge in [0.1, 0.15) is 5.52 Å². The molecule has 4 heterocycles. The molecule has 7 aromatic rings. The van der Waals surface area contributed by atoms with Gasteiger partial charge in [-0.25, -0.2) is 4.98 Å². The van der Waals surface area contributed by atoms with Crippen molar-refractivity contribution >= 4 is 38.5 Å². The Balaban J connectivity index is 1.37. The molecule has 4 aromatic heterocycles. The lowest BCUT2D eigenvalue weighted by molar-refractivity contribution is 1.21. The Hall–Kier alpha value is -4.57. The van der Waals surface area contributed by atoms with Crippen molar-refractivity contribution in [2.45, 2.75) is 12.8 Å². The van der Waals surface area contributed by atoms with Gasteiger partial charge in [-0.3, -0.25) is 14.4 Å². The van der Waals surface area contributed by atoms with E-state index in [1.807, 2.05) is 24.7 Å². The fourth-order valence-electron chi connectivity index (χ4n) is 6.40. The molecule has 0 saturated heterocycles. The lowest BCUT2D eigenvalue weighted by Crippen LogP contribution is -1.93. The molecule has 0 aliphatic heterocycles. The second kappa shape index (κ2) is 6.10. The molecule has 0 amide bonds. The van der Waals surface area contributed by atoms with E-state index >= 15 is 0 Å². The molecule has 4 heteroatoms. The lowest BCUT2D eigenvalue weighted by atomic mass is 9.98. The summed E-state index contributed by atoms with van der Waals surface area (Å²) in [6.45, 7) is 0. The topological polar surface area (TPSA) is 43.1 Å². The number of nitrogens with zero attached hydrogens (tertiary/aromatic N) is 4. The van der Waals surface area contributed by atoms with Crippen LogP contribution in [0.25, 0.3) is 60.7 Å². The molecule has 0 atom stereocenters. The number of aromatic nitrogens is 4. The molecule has 0 bridgehead atoms. The van der Waals surface area contributed by atoms with Gasteiger partial charge in [-0.1, -0.05) is 36.4 Å². The lowest BCUT2D eigenvalue weighted by Gasteiger charge is -2.09. The highest BCUT2D eigenvalue weighted by Gasteiger charge is 2.26. The number of rotatable bonds is 0. The molecule has 0 saturated carbocycles. The number of pyridine rings is 3. The van der Waals surface area contributed by atoms with E-state index in [1.54, 1.807) is 0 Å². The van der Waals surface area contributed by atoms with Gasteiger partial charge in [0.05, 0.1) is 22.7 Å². The van der Waals surface area contributed by atoms with Crippen LogP contribution in [0, 0.1) is 0 Å². The molecule has 0 N–H and O–H groups in total. The summed E-state index contributed by atoms with van der Waals surface area (Å²) in [5.41, 5.74) is 16.1. The third-order valence-electron chi connectivity index (χ3n) is 7.92. The molecule has 2 aliphatic rings. The second-order valence-corrected chi connectivity index (χ2v) is 9.74. The Morgan fingerprint density at radius 2 is 1.46 bits per heavy atom. The molecule has 4 nitrogen and oxygen atoms in total. The zero-order valence-electron chi connectivity index (χ0n) is 18.8. The van der Waals surface area contributed by atoms with E-state index in [0.29, 0.717) is 0 Å². The number of hydrogen-bond acceptors (Lipinski definition) is 3. The van der Waals surface area contributed by atoms with Gasteiger partial charge in [0.15, 0.2) is 5.65 Å². The first-order chi connectivity index (χ1) is 17.3. The summed E-state index contributed by atoms with van der Waals surface area (Å²) < 4.78 is 2.24. The summed E-state index contributed by atoms with van der Waals surface area (Å²) in [4.78, 5) is 14.3. The van der Waals surface area contributed by atoms with E-state index in [4.69, 9.17) is 9.97 Å². The van der Waals surface area contributed by atoms with Crippen molar-refractivity contribution in [3.8, 4) is 22.3 Å². The normalized spacial score (nSPS) is 13.5. The van der Waals surface area contributed by atoms with Crippen LogP contribution in [0.15, 0.2) is 85.3 Å². The number of fused-ring (bicyclic) bond motifs is 14. The molecule has 0 fully saturated rings. The van der Waals surface area contributed by atoms with Crippen LogP contribution in [0.3, 0.4) is 0 Å². The Kier molecular flexibility index (Phi) is 3.11. The summed E-state index contributed by atoms with van der Waals surface area (Å²) in [7, 11) is 0. The van der Waals surface area contributed by atoms with Crippen molar-refractivity contribution in [2.75, 3.05) is 0 Å². The van der Waals surface area contributed by atoms with Gasteiger partial charge < -0.3 is 0 Å². The minimum atomic E-state index is 0.892. The average Bonchev–Trinajstić information content (AvgIpc) is 3.56. The molecule has 35 heavy (non-hydrogen) atoms. The van der Waals surface area contributed by atoms with Gasteiger partial charge in [0, 0.05) is 23.2 Å². The van der Waals surface area contributed by atoms with Crippen LogP contribution in [0.5, 0.6) is 0 Å². The molecular weight excluding hydrogens is 428 g/mol. The number of benzene rings is 3. The Bertz CT molecular complexity index is 2070. The highest BCUT2D eigenvalue weighted by atomic mass is 15.0. The maximum atomic E-state index is 5.10. The van der Waals surface area contributed by atoms with Crippen LogP contribution in [-0.2, 0) is 12.8 Å². The maximum Gasteiger partial charge on any atom is 0.165 e. The molecule has 0 spiro atoms. The first kappa shape index (κ1) is 17.8. The van der Waals surface area contributed by atoms with Gasteiger partial charge in [0.2, 0.25) is 0 Å².